The van der Waals surface area contributed by atoms with Gasteiger partial charge in [-0.3, -0.25) is 0 Å². The van der Waals surface area contributed by atoms with Crippen LogP contribution in [0.1, 0.15) is 39.0 Å². The summed E-state index contributed by atoms with van der Waals surface area (Å²) >= 11 is 0. The second-order valence-corrected chi connectivity index (χ2v) is 7.23. The fourth-order valence-corrected chi connectivity index (χ4v) is 4.64. The summed E-state index contributed by atoms with van der Waals surface area (Å²) in [6.07, 6.45) is 3.98. The summed E-state index contributed by atoms with van der Waals surface area (Å²) in [5, 5.41) is 0. The van der Waals surface area contributed by atoms with Gasteiger partial charge in [0.2, 0.25) is 10.0 Å². The number of anilines is 1. The van der Waals surface area contributed by atoms with Gasteiger partial charge in [-0.1, -0.05) is 19.8 Å². The van der Waals surface area contributed by atoms with Crippen molar-refractivity contribution in [1.29, 1.82) is 0 Å². The van der Waals surface area contributed by atoms with Gasteiger partial charge < -0.3 is 5.73 Å². The van der Waals surface area contributed by atoms with E-state index in [9.17, 15) is 17.2 Å². The highest BCUT2D eigenvalue weighted by Gasteiger charge is 2.35. The van der Waals surface area contributed by atoms with Gasteiger partial charge in [0.1, 0.15) is 4.90 Å². The van der Waals surface area contributed by atoms with E-state index in [0.29, 0.717) is 13.0 Å². The van der Waals surface area contributed by atoms with Crippen LogP contribution in [0.3, 0.4) is 0 Å². The molecule has 0 amide bonds. The Hall–Kier alpha value is -1.21. The van der Waals surface area contributed by atoms with E-state index in [1.54, 1.807) is 0 Å². The zero-order chi connectivity index (χ0) is 15.6. The Morgan fingerprint density at radius 2 is 2.05 bits per heavy atom. The van der Waals surface area contributed by atoms with Crippen LogP contribution in [0.25, 0.3) is 0 Å². The van der Waals surface area contributed by atoms with Gasteiger partial charge in [0.05, 0.1) is 0 Å². The maximum absolute atomic E-state index is 13.9. The highest BCUT2D eigenvalue weighted by molar-refractivity contribution is 7.89. The number of halogens is 2. The van der Waals surface area contributed by atoms with Crippen LogP contribution in [0.5, 0.6) is 0 Å². The minimum atomic E-state index is -4.07. The molecular weight excluding hydrogens is 298 g/mol. The molecule has 1 aromatic rings. The zero-order valence-corrected chi connectivity index (χ0v) is 12.8. The Balaban J connectivity index is 2.45. The van der Waals surface area contributed by atoms with Crippen molar-refractivity contribution in [3.05, 3.63) is 23.8 Å². The lowest BCUT2D eigenvalue weighted by molar-refractivity contribution is 0.238. The molecule has 2 N–H and O–H groups in total. The van der Waals surface area contributed by atoms with E-state index in [0.717, 1.165) is 37.8 Å². The van der Waals surface area contributed by atoms with Crippen molar-refractivity contribution in [2.24, 2.45) is 0 Å². The SMILES string of the molecule is CCCC1CCCCN1S(=O)(=O)c1cc(N)cc(F)c1F. The van der Waals surface area contributed by atoms with Crippen molar-refractivity contribution in [2.45, 2.75) is 50.0 Å². The number of piperidine rings is 1. The zero-order valence-electron chi connectivity index (χ0n) is 12.0. The Morgan fingerprint density at radius 1 is 1.33 bits per heavy atom. The van der Waals surface area contributed by atoms with E-state index >= 15 is 0 Å². The van der Waals surface area contributed by atoms with E-state index in [4.69, 9.17) is 5.73 Å². The van der Waals surface area contributed by atoms with Gasteiger partial charge in [-0.2, -0.15) is 4.31 Å². The van der Waals surface area contributed by atoms with Crippen molar-refractivity contribution >= 4 is 15.7 Å². The molecule has 0 aliphatic carbocycles. The second kappa shape index (κ2) is 6.27. The largest absolute Gasteiger partial charge is 0.399 e. The standard InChI is InChI=1S/C14H20F2N2O2S/c1-2-5-11-6-3-4-7-18(11)21(19,20)13-9-10(17)8-12(15)14(13)16/h8-9,11H,2-7,17H2,1H3. The van der Waals surface area contributed by atoms with E-state index in [2.05, 4.69) is 0 Å². The molecule has 0 aromatic heterocycles. The molecule has 1 fully saturated rings. The van der Waals surface area contributed by atoms with E-state index in [-0.39, 0.29) is 11.7 Å². The topological polar surface area (TPSA) is 63.4 Å². The number of hydrogen-bond donors (Lipinski definition) is 1. The quantitative estimate of drug-likeness (QED) is 0.868. The van der Waals surface area contributed by atoms with Gasteiger partial charge in [0.25, 0.3) is 0 Å². The maximum Gasteiger partial charge on any atom is 0.246 e. The molecule has 1 aliphatic rings. The van der Waals surface area contributed by atoms with E-state index < -0.39 is 26.6 Å². The lowest BCUT2D eigenvalue weighted by atomic mass is 10.0. The van der Waals surface area contributed by atoms with Crippen molar-refractivity contribution in [1.82, 2.24) is 4.31 Å². The molecule has 7 heteroatoms. The normalized spacial score (nSPS) is 20.6. The Morgan fingerprint density at radius 3 is 2.71 bits per heavy atom. The number of sulfonamides is 1. The Labute approximate surface area is 124 Å². The van der Waals surface area contributed by atoms with Gasteiger partial charge in [-0.15, -0.1) is 0 Å². The molecule has 2 rings (SSSR count). The van der Waals surface area contributed by atoms with Crippen LogP contribution >= 0.6 is 0 Å². The van der Waals surface area contributed by atoms with E-state index in [1.807, 2.05) is 6.92 Å². The third-order valence-electron chi connectivity index (χ3n) is 3.80. The lowest BCUT2D eigenvalue weighted by Gasteiger charge is -2.34. The minimum absolute atomic E-state index is 0.100. The van der Waals surface area contributed by atoms with Crippen LogP contribution in [0.4, 0.5) is 14.5 Å². The highest BCUT2D eigenvalue weighted by atomic mass is 32.2. The number of nitrogen functional groups attached to an aromatic ring is 1. The molecule has 0 bridgehead atoms. The third kappa shape index (κ3) is 3.18. The predicted molar refractivity (Wildman–Crippen MR) is 77.2 cm³/mol. The molecule has 21 heavy (non-hydrogen) atoms. The molecule has 0 spiro atoms. The third-order valence-corrected chi connectivity index (χ3v) is 5.75. The molecule has 1 aromatic carbocycles. The van der Waals surface area contributed by atoms with Crippen molar-refractivity contribution in [2.75, 3.05) is 12.3 Å². The molecule has 1 aliphatic heterocycles. The fourth-order valence-electron chi connectivity index (χ4n) is 2.81. The van der Waals surface area contributed by atoms with Crippen LogP contribution in [0, 0.1) is 11.6 Å². The second-order valence-electron chi connectivity index (χ2n) is 5.37. The first-order valence-corrected chi connectivity index (χ1v) is 8.58. The molecule has 1 saturated heterocycles. The summed E-state index contributed by atoms with van der Waals surface area (Å²) in [7, 11) is -4.07. The minimum Gasteiger partial charge on any atom is -0.399 e. The number of nitrogens with zero attached hydrogens (tertiary/aromatic N) is 1. The predicted octanol–water partition coefficient (Wildman–Crippen LogP) is 2.89. The molecule has 4 nitrogen and oxygen atoms in total. The Kier molecular flexibility index (Phi) is 4.83. The smallest absolute Gasteiger partial charge is 0.246 e. The molecule has 1 atom stereocenters. The van der Waals surface area contributed by atoms with Crippen LogP contribution in [-0.4, -0.2) is 25.3 Å². The first-order valence-electron chi connectivity index (χ1n) is 7.14. The van der Waals surface area contributed by atoms with E-state index in [1.165, 1.54) is 4.31 Å². The monoisotopic (exact) mass is 318 g/mol. The number of nitrogens with two attached hydrogens (primary N) is 1. The summed E-state index contributed by atoms with van der Waals surface area (Å²) in [4.78, 5) is -0.664. The average molecular weight is 318 g/mol. The first-order chi connectivity index (χ1) is 9.87. The Bertz CT molecular complexity index is 618. The summed E-state index contributed by atoms with van der Waals surface area (Å²) in [5.41, 5.74) is 5.36. The highest BCUT2D eigenvalue weighted by Crippen LogP contribution is 2.30. The fraction of sp³-hybridized carbons (Fsp3) is 0.571. The number of hydrogen-bond acceptors (Lipinski definition) is 3. The molecule has 1 heterocycles. The van der Waals surface area contributed by atoms with Crippen LogP contribution in [0.15, 0.2) is 17.0 Å². The molecule has 0 saturated carbocycles. The van der Waals surface area contributed by atoms with Crippen LogP contribution < -0.4 is 5.73 Å². The summed E-state index contributed by atoms with van der Waals surface area (Å²) in [5.74, 6) is -2.59. The van der Waals surface area contributed by atoms with Crippen molar-refractivity contribution in [3.63, 3.8) is 0 Å². The van der Waals surface area contributed by atoms with Gasteiger partial charge in [-0.25, -0.2) is 17.2 Å². The first kappa shape index (κ1) is 16.2. The lowest BCUT2D eigenvalue weighted by Crippen LogP contribution is -2.43. The maximum atomic E-state index is 13.9. The summed E-state index contributed by atoms with van der Waals surface area (Å²) < 4.78 is 54.0. The number of benzene rings is 1. The molecule has 0 radical (unpaired) electrons. The van der Waals surface area contributed by atoms with Crippen molar-refractivity contribution in [3.8, 4) is 0 Å². The molecule has 1 unspecified atom stereocenters. The molecular formula is C14H20F2N2O2S. The van der Waals surface area contributed by atoms with Crippen LogP contribution in [0.2, 0.25) is 0 Å². The van der Waals surface area contributed by atoms with Gasteiger partial charge >= 0.3 is 0 Å². The van der Waals surface area contributed by atoms with Gasteiger partial charge in [0.15, 0.2) is 11.6 Å². The van der Waals surface area contributed by atoms with Gasteiger partial charge in [0, 0.05) is 18.3 Å². The molecule has 118 valence electrons. The number of rotatable bonds is 4. The average Bonchev–Trinajstić information content (AvgIpc) is 2.43. The van der Waals surface area contributed by atoms with Gasteiger partial charge in [-0.05, 0) is 31.4 Å². The van der Waals surface area contributed by atoms with Crippen molar-refractivity contribution < 1.29 is 17.2 Å². The summed E-state index contributed by atoms with van der Waals surface area (Å²) in [6.45, 7) is 2.31. The summed E-state index contributed by atoms with van der Waals surface area (Å²) in [6, 6.07) is 1.62. The van der Waals surface area contributed by atoms with Crippen LogP contribution in [-0.2, 0) is 10.0 Å².